The fourth-order valence-electron chi connectivity index (χ4n) is 1.98. The lowest BCUT2D eigenvalue weighted by atomic mass is 9.85. The van der Waals surface area contributed by atoms with Crippen molar-refractivity contribution in [3.8, 4) is 0 Å². The molecule has 0 bridgehead atoms. The van der Waals surface area contributed by atoms with Crippen molar-refractivity contribution in [3.05, 3.63) is 0 Å². The molecular formula is C12H27N. The lowest BCUT2D eigenvalue weighted by Crippen LogP contribution is -2.25. The monoisotopic (exact) mass is 185 g/mol. The first-order valence-corrected chi connectivity index (χ1v) is 5.76. The topological polar surface area (TPSA) is 12.0 Å². The number of hydrogen-bond acceptors (Lipinski definition) is 1. The van der Waals surface area contributed by atoms with Crippen LogP contribution in [-0.4, -0.2) is 13.6 Å². The highest BCUT2D eigenvalue weighted by Crippen LogP contribution is 2.22. The van der Waals surface area contributed by atoms with Crippen molar-refractivity contribution in [1.29, 1.82) is 0 Å². The van der Waals surface area contributed by atoms with Gasteiger partial charge in [0, 0.05) is 0 Å². The molecule has 0 fully saturated rings. The quantitative estimate of drug-likeness (QED) is 0.641. The Balaban J connectivity index is 3.79. The van der Waals surface area contributed by atoms with E-state index < -0.39 is 0 Å². The largest absolute Gasteiger partial charge is 0.319 e. The standard InChI is InChI=1S/C12H27N/c1-6-7-11(4)8-12(9-13-5)10(2)3/h10-13H,6-9H2,1-5H3. The molecule has 0 heterocycles. The molecule has 0 aliphatic rings. The Labute approximate surface area is 84.3 Å². The minimum Gasteiger partial charge on any atom is -0.319 e. The van der Waals surface area contributed by atoms with E-state index in [0.717, 1.165) is 17.8 Å². The third kappa shape index (κ3) is 6.09. The molecule has 0 aromatic carbocycles. The van der Waals surface area contributed by atoms with Crippen LogP contribution in [-0.2, 0) is 0 Å². The van der Waals surface area contributed by atoms with Crippen molar-refractivity contribution in [2.75, 3.05) is 13.6 Å². The van der Waals surface area contributed by atoms with Crippen LogP contribution in [0.2, 0.25) is 0 Å². The molecule has 0 rings (SSSR count). The zero-order chi connectivity index (χ0) is 10.3. The van der Waals surface area contributed by atoms with E-state index in [1.165, 1.54) is 25.8 Å². The molecule has 1 heteroatoms. The van der Waals surface area contributed by atoms with Crippen molar-refractivity contribution < 1.29 is 0 Å². The Morgan fingerprint density at radius 3 is 2.15 bits per heavy atom. The van der Waals surface area contributed by atoms with Crippen molar-refractivity contribution in [1.82, 2.24) is 5.32 Å². The minimum absolute atomic E-state index is 0.812. The van der Waals surface area contributed by atoms with Gasteiger partial charge in [-0.1, -0.05) is 40.5 Å². The molecule has 2 unspecified atom stereocenters. The number of rotatable bonds is 7. The van der Waals surface area contributed by atoms with Crippen LogP contribution >= 0.6 is 0 Å². The van der Waals surface area contributed by atoms with Crippen molar-refractivity contribution in [2.24, 2.45) is 17.8 Å². The average molecular weight is 185 g/mol. The molecule has 0 spiro atoms. The number of nitrogens with one attached hydrogen (secondary N) is 1. The molecule has 0 aliphatic heterocycles. The van der Waals surface area contributed by atoms with E-state index >= 15 is 0 Å². The van der Waals surface area contributed by atoms with Gasteiger partial charge in [0.25, 0.3) is 0 Å². The molecule has 1 nitrogen and oxygen atoms in total. The molecule has 0 saturated carbocycles. The van der Waals surface area contributed by atoms with E-state index in [0.29, 0.717) is 0 Å². The van der Waals surface area contributed by atoms with Crippen molar-refractivity contribution in [2.45, 2.75) is 47.0 Å². The summed E-state index contributed by atoms with van der Waals surface area (Å²) in [7, 11) is 2.06. The third-order valence-corrected chi connectivity index (χ3v) is 2.90. The normalized spacial score (nSPS) is 16.2. The summed E-state index contributed by atoms with van der Waals surface area (Å²) in [4.78, 5) is 0. The molecule has 0 amide bonds. The molecule has 0 aromatic heterocycles. The van der Waals surface area contributed by atoms with Crippen LogP contribution in [0, 0.1) is 17.8 Å². The van der Waals surface area contributed by atoms with Gasteiger partial charge in [-0.25, -0.2) is 0 Å². The van der Waals surface area contributed by atoms with Crippen LogP contribution in [0.15, 0.2) is 0 Å². The predicted molar refractivity (Wildman–Crippen MR) is 60.9 cm³/mol. The van der Waals surface area contributed by atoms with Crippen molar-refractivity contribution >= 4 is 0 Å². The first-order valence-electron chi connectivity index (χ1n) is 5.76. The molecule has 2 atom stereocenters. The minimum atomic E-state index is 0.812. The highest BCUT2D eigenvalue weighted by molar-refractivity contribution is 4.68. The molecule has 13 heavy (non-hydrogen) atoms. The van der Waals surface area contributed by atoms with Gasteiger partial charge in [0.15, 0.2) is 0 Å². The van der Waals surface area contributed by atoms with Crippen LogP contribution in [0.4, 0.5) is 0 Å². The smallest absolute Gasteiger partial charge is 0.00210 e. The van der Waals surface area contributed by atoms with Gasteiger partial charge in [-0.2, -0.15) is 0 Å². The molecule has 0 aliphatic carbocycles. The highest BCUT2D eigenvalue weighted by atomic mass is 14.8. The van der Waals surface area contributed by atoms with Gasteiger partial charge in [-0.15, -0.1) is 0 Å². The van der Waals surface area contributed by atoms with E-state index in [2.05, 4.69) is 40.1 Å². The summed E-state index contributed by atoms with van der Waals surface area (Å²) < 4.78 is 0. The lowest BCUT2D eigenvalue weighted by molar-refractivity contribution is 0.291. The Kier molecular flexibility index (Phi) is 7.35. The second kappa shape index (κ2) is 7.37. The van der Waals surface area contributed by atoms with Crippen LogP contribution in [0.1, 0.15) is 47.0 Å². The van der Waals surface area contributed by atoms with Gasteiger partial charge in [0.1, 0.15) is 0 Å². The summed E-state index contributed by atoms with van der Waals surface area (Å²) in [6.45, 7) is 10.5. The summed E-state index contributed by atoms with van der Waals surface area (Å²) in [5, 5.41) is 3.30. The van der Waals surface area contributed by atoms with Gasteiger partial charge in [0.2, 0.25) is 0 Å². The van der Waals surface area contributed by atoms with Gasteiger partial charge in [0.05, 0.1) is 0 Å². The second-order valence-corrected chi connectivity index (χ2v) is 4.69. The first kappa shape index (κ1) is 13.0. The van der Waals surface area contributed by atoms with E-state index in [4.69, 9.17) is 0 Å². The Bertz CT molecular complexity index is 110. The third-order valence-electron chi connectivity index (χ3n) is 2.90. The van der Waals surface area contributed by atoms with E-state index in [-0.39, 0.29) is 0 Å². The first-order chi connectivity index (χ1) is 6.11. The highest BCUT2D eigenvalue weighted by Gasteiger charge is 2.15. The van der Waals surface area contributed by atoms with Crippen LogP contribution < -0.4 is 5.32 Å². The predicted octanol–water partition coefficient (Wildman–Crippen LogP) is 3.30. The number of hydrogen-bond donors (Lipinski definition) is 1. The zero-order valence-electron chi connectivity index (χ0n) is 10.1. The fraction of sp³-hybridized carbons (Fsp3) is 1.00. The molecule has 0 saturated heterocycles. The van der Waals surface area contributed by atoms with Gasteiger partial charge < -0.3 is 5.32 Å². The fourth-order valence-corrected chi connectivity index (χ4v) is 1.98. The van der Waals surface area contributed by atoms with Gasteiger partial charge in [-0.05, 0) is 37.8 Å². The van der Waals surface area contributed by atoms with Gasteiger partial charge in [-0.3, -0.25) is 0 Å². The van der Waals surface area contributed by atoms with Crippen LogP contribution in [0.25, 0.3) is 0 Å². The SMILES string of the molecule is CCCC(C)CC(CNC)C(C)C. The molecule has 80 valence electrons. The molecule has 1 N–H and O–H groups in total. The van der Waals surface area contributed by atoms with Crippen LogP contribution in [0.3, 0.4) is 0 Å². The molecule has 0 radical (unpaired) electrons. The average Bonchev–Trinajstić information content (AvgIpc) is 2.04. The molecule has 0 aromatic rings. The zero-order valence-corrected chi connectivity index (χ0v) is 10.1. The lowest BCUT2D eigenvalue weighted by Gasteiger charge is -2.23. The summed E-state index contributed by atoms with van der Waals surface area (Å²) >= 11 is 0. The Morgan fingerprint density at radius 2 is 1.77 bits per heavy atom. The molecular weight excluding hydrogens is 158 g/mol. The van der Waals surface area contributed by atoms with Crippen molar-refractivity contribution in [3.63, 3.8) is 0 Å². The van der Waals surface area contributed by atoms with E-state index in [9.17, 15) is 0 Å². The van der Waals surface area contributed by atoms with Gasteiger partial charge >= 0.3 is 0 Å². The summed E-state index contributed by atoms with van der Waals surface area (Å²) in [6.07, 6.45) is 4.09. The summed E-state index contributed by atoms with van der Waals surface area (Å²) in [6, 6.07) is 0. The van der Waals surface area contributed by atoms with Crippen LogP contribution in [0.5, 0.6) is 0 Å². The Hall–Kier alpha value is -0.0400. The summed E-state index contributed by atoms with van der Waals surface area (Å²) in [5.74, 6) is 2.56. The Morgan fingerprint density at radius 1 is 1.15 bits per heavy atom. The van der Waals surface area contributed by atoms with E-state index in [1.807, 2.05) is 0 Å². The summed E-state index contributed by atoms with van der Waals surface area (Å²) in [5.41, 5.74) is 0. The maximum Gasteiger partial charge on any atom is -0.00210 e. The second-order valence-electron chi connectivity index (χ2n) is 4.69. The van der Waals surface area contributed by atoms with E-state index in [1.54, 1.807) is 0 Å². The maximum absolute atomic E-state index is 3.30. The maximum atomic E-state index is 3.30.